The third kappa shape index (κ3) is 5.43. The Bertz CT molecular complexity index is 753. The van der Waals surface area contributed by atoms with Crippen molar-refractivity contribution in [1.82, 2.24) is 10.6 Å². The van der Waals surface area contributed by atoms with E-state index < -0.39 is 6.04 Å². The van der Waals surface area contributed by atoms with Gasteiger partial charge in [-0.3, -0.25) is 9.59 Å². The Morgan fingerprint density at radius 1 is 1.04 bits per heavy atom. The van der Waals surface area contributed by atoms with Crippen LogP contribution < -0.4 is 10.6 Å². The van der Waals surface area contributed by atoms with Gasteiger partial charge in [-0.05, 0) is 43.9 Å². The van der Waals surface area contributed by atoms with Crippen molar-refractivity contribution in [3.8, 4) is 0 Å². The lowest BCUT2D eigenvalue weighted by Crippen LogP contribution is -2.50. The molecule has 140 valence electrons. The van der Waals surface area contributed by atoms with Gasteiger partial charge in [-0.15, -0.1) is 11.3 Å². The molecule has 0 fully saturated rings. The maximum absolute atomic E-state index is 12.8. The molecule has 0 spiro atoms. The number of aryl methyl sites for hydroxylation is 2. The van der Waals surface area contributed by atoms with Crippen LogP contribution in [0.15, 0.2) is 36.4 Å². The minimum Gasteiger partial charge on any atom is -0.348 e. The summed E-state index contributed by atoms with van der Waals surface area (Å²) >= 11 is 1.73. The summed E-state index contributed by atoms with van der Waals surface area (Å²) in [5.41, 5.74) is 2.07. The number of amides is 2. The third-order valence-corrected chi connectivity index (χ3v) is 5.36. The molecule has 2 aromatic rings. The van der Waals surface area contributed by atoms with Crippen molar-refractivity contribution in [1.29, 1.82) is 0 Å². The van der Waals surface area contributed by atoms with Crippen molar-refractivity contribution >= 4 is 23.2 Å². The zero-order valence-corrected chi connectivity index (χ0v) is 16.9. The van der Waals surface area contributed by atoms with E-state index in [0.717, 1.165) is 11.1 Å². The number of thiophene rings is 1. The van der Waals surface area contributed by atoms with Gasteiger partial charge in [0, 0.05) is 9.75 Å². The van der Waals surface area contributed by atoms with Crippen LogP contribution in [0.2, 0.25) is 0 Å². The summed E-state index contributed by atoms with van der Waals surface area (Å²) in [6.45, 7) is 10.00. The number of hydrogen-bond acceptors (Lipinski definition) is 3. The quantitative estimate of drug-likeness (QED) is 0.774. The number of rotatable bonds is 7. The molecule has 0 aliphatic carbocycles. The Labute approximate surface area is 160 Å². The van der Waals surface area contributed by atoms with Gasteiger partial charge in [0.2, 0.25) is 11.8 Å². The molecule has 2 N–H and O–H groups in total. The minimum absolute atomic E-state index is 0.00670. The summed E-state index contributed by atoms with van der Waals surface area (Å²) in [5, 5.41) is 5.95. The lowest BCUT2D eigenvalue weighted by molar-refractivity contribution is -0.130. The van der Waals surface area contributed by atoms with E-state index in [9.17, 15) is 9.59 Å². The topological polar surface area (TPSA) is 58.2 Å². The molecule has 1 aromatic heterocycles. The van der Waals surface area contributed by atoms with Crippen LogP contribution in [0, 0.1) is 19.8 Å². The van der Waals surface area contributed by atoms with Gasteiger partial charge >= 0.3 is 0 Å². The third-order valence-electron chi connectivity index (χ3n) is 4.38. The summed E-state index contributed by atoms with van der Waals surface area (Å²) in [4.78, 5) is 27.6. The normalized spacial score (nSPS) is 13.3. The average Bonchev–Trinajstić information content (AvgIpc) is 2.91. The van der Waals surface area contributed by atoms with Gasteiger partial charge in [-0.25, -0.2) is 0 Å². The molecule has 2 atom stereocenters. The number of carbonyl (C=O) groups is 2. The lowest BCUT2D eigenvalue weighted by Gasteiger charge is -2.24. The van der Waals surface area contributed by atoms with E-state index in [2.05, 4.69) is 30.5 Å². The Hall–Kier alpha value is -2.14. The zero-order chi connectivity index (χ0) is 19.3. The number of carbonyl (C=O) groups excluding carboxylic acids is 2. The Morgan fingerprint density at radius 2 is 1.69 bits per heavy atom. The molecule has 2 unspecified atom stereocenters. The molecule has 4 nitrogen and oxygen atoms in total. The van der Waals surface area contributed by atoms with Crippen molar-refractivity contribution in [2.24, 2.45) is 5.92 Å². The predicted molar refractivity (Wildman–Crippen MR) is 107 cm³/mol. The van der Waals surface area contributed by atoms with Crippen LogP contribution in [0.4, 0.5) is 0 Å². The van der Waals surface area contributed by atoms with E-state index in [4.69, 9.17) is 0 Å². The highest BCUT2D eigenvalue weighted by atomic mass is 32.1. The summed E-state index contributed by atoms with van der Waals surface area (Å²) in [6.07, 6.45) is 0.274. The van der Waals surface area contributed by atoms with Gasteiger partial charge in [0.25, 0.3) is 0 Å². The van der Waals surface area contributed by atoms with Gasteiger partial charge in [0.1, 0.15) is 6.04 Å². The first kappa shape index (κ1) is 20.2. The molecule has 1 aromatic carbocycles. The number of benzene rings is 1. The molecule has 2 amide bonds. The highest BCUT2D eigenvalue weighted by Crippen LogP contribution is 2.26. The monoisotopic (exact) mass is 372 g/mol. The number of nitrogens with one attached hydrogen (secondary N) is 2. The molecule has 2 rings (SSSR count). The molecule has 26 heavy (non-hydrogen) atoms. The maximum atomic E-state index is 12.8. The Morgan fingerprint density at radius 3 is 2.23 bits per heavy atom. The van der Waals surface area contributed by atoms with Crippen LogP contribution in [-0.4, -0.2) is 17.9 Å². The molecule has 0 bridgehead atoms. The molecule has 5 heteroatoms. The van der Waals surface area contributed by atoms with E-state index in [1.165, 1.54) is 9.75 Å². The van der Waals surface area contributed by atoms with Crippen LogP contribution in [0.3, 0.4) is 0 Å². The van der Waals surface area contributed by atoms with Crippen molar-refractivity contribution < 1.29 is 9.59 Å². The first-order valence-electron chi connectivity index (χ1n) is 8.98. The summed E-state index contributed by atoms with van der Waals surface area (Å²) in [5.74, 6) is -0.273. The SMILES string of the molecule is Cc1cc(C(C)NC(=O)C(NC(=O)Cc2ccccc2)C(C)C)c(C)s1. The molecular formula is C21H28N2O2S. The summed E-state index contributed by atoms with van der Waals surface area (Å²) in [7, 11) is 0. The molecule has 0 saturated carbocycles. The predicted octanol–water partition coefficient (Wildman–Crippen LogP) is 3.93. The van der Waals surface area contributed by atoms with Gasteiger partial charge in [0.05, 0.1) is 12.5 Å². The van der Waals surface area contributed by atoms with Crippen LogP contribution in [0.1, 0.15) is 47.7 Å². The van der Waals surface area contributed by atoms with E-state index in [1.54, 1.807) is 11.3 Å². The van der Waals surface area contributed by atoms with Crippen molar-refractivity contribution in [2.75, 3.05) is 0 Å². The first-order chi connectivity index (χ1) is 12.3. The highest BCUT2D eigenvalue weighted by Gasteiger charge is 2.26. The Balaban J connectivity index is 2.00. The average molecular weight is 373 g/mol. The smallest absolute Gasteiger partial charge is 0.243 e. The molecule has 0 aliphatic heterocycles. The van der Waals surface area contributed by atoms with Crippen molar-refractivity contribution in [3.05, 3.63) is 57.3 Å². The lowest BCUT2D eigenvalue weighted by atomic mass is 10.0. The van der Waals surface area contributed by atoms with E-state index in [-0.39, 0.29) is 30.2 Å². The Kier molecular flexibility index (Phi) is 6.98. The van der Waals surface area contributed by atoms with E-state index >= 15 is 0 Å². The van der Waals surface area contributed by atoms with E-state index in [0.29, 0.717) is 0 Å². The standard InChI is InChI=1S/C21H28N2O2S/c1-13(2)20(23-19(24)12-17-9-7-6-8-10-17)21(25)22-15(4)18-11-14(3)26-16(18)5/h6-11,13,15,20H,12H2,1-5H3,(H,22,25)(H,23,24). The fourth-order valence-corrected chi connectivity index (χ4v) is 4.02. The van der Waals surface area contributed by atoms with Crippen LogP contribution in [0.5, 0.6) is 0 Å². The van der Waals surface area contributed by atoms with Crippen LogP contribution in [-0.2, 0) is 16.0 Å². The largest absolute Gasteiger partial charge is 0.348 e. The molecule has 0 saturated heterocycles. The van der Waals surface area contributed by atoms with Crippen molar-refractivity contribution in [2.45, 2.75) is 53.1 Å². The van der Waals surface area contributed by atoms with E-state index in [1.807, 2.05) is 51.1 Å². The molecule has 0 aliphatic rings. The molecule has 0 radical (unpaired) electrons. The van der Waals surface area contributed by atoms with Crippen molar-refractivity contribution in [3.63, 3.8) is 0 Å². The minimum atomic E-state index is -0.547. The van der Waals surface area contributed by atoms with Gasteiger partial charge < -0.3 is 10.6 Å². The summed E-state index contributed by atoms with van der Waals surface area (Å²) < 4.78 is 0. The molecular weight excluding hydrogens is 344 g/mol. The second-order valence-electron chi connectivity index (χ2n) is 7.05. The van der Waals surface area contributed by atoms with Crippen LogP contribution >= 0.6 is 11.3 Å². The first-order valence-corrected chi connectivity index (χ1v) is 9.80. The fraction of sp³-hybridized carbons (Fsp3) is 0.429. The zero-order valence-electron chi connectivity index (χ0n) is 16.1. The molecule has 1 heterocycles. The number of hydrogen-bond donors (Lipinski definition) is 2. The highest BCUT2D eigenvalue weighted by molar-refractivity contribution is 7.12. The second-order valence-corrected chi connectivity index (χ2v) is 8.51. The van der Waals surface area contributed by atoms with Crippen LogP contribution in [0.25, 0.3) is 0 Å². The second kappa shape index (κ2) is 8.99. The van der Waals surface area contributed by atoms with Gasteiger partial charge in [-0.1, -0.05) is 44.2 Å². The maximum Gasteiger partial charge on any atom is 0.243 e. The fourth-order valence-electron chi connectivity index (χ4n) is 3.00. The summed E-state index contributed by atoms with van der Waals surface area (Å²) in [6, 6.07) is 11.0. The van der Waals surface area contributed by atoms with Gasteiger partial charge in [0.15, 0.2) is 0 Å². The van der Waals surface area contributed by atoms with Gasteiger partial charge in [-0.2, -0.15) is 0 Å².